The van der Waals surface area contributed by atoms with E-state index in [1.165, 1.54) is 19.3 Å². The Kier molecular flexibility index (Phi) is 14.7. The Labute approximate surface area is 62.2 Å². The zero-order chi connectivity index (χ0) is 5.54. The van der Waals surface area contributed by atoms with Crippen LogP contribution in [-0.4, -0.2) is 6.54 Å². The third-order valence-electron chi connectivity index (χ3n) is 1.03. The van der Waals surface area contributed by atoms with E-state index in [0.29, 0.717) is 6.54 Å². The number of unbranched alkanes of at least 4 members (excludes halogenated alkanes) is 3. The molecular formula is C6H14CoN-. The Bertz CT molecular complexity index is 27.7. The molecule has 0 amide bonds. The van der Waals surface area contributed by atoms with E-state index in [-0.39, 0.29) is 16.8 Å². The molecule has 0 unspecified atom stereocenters. The SMILES string of the molecule is CCCCCC[NH-].[Co]. The van der Waals surface area contributed by atoms with Gasteiger partial charge in [-0.05, 0) is 0 Å². The van der Waals surface area contributed by atoms with Crippen molar-refractivity contribution in [2.24, 2.45) is 0 Å². The minimum atomic E-state index is 0. The van der Waals surface area contributed by atoms with Gasteiger partial charge in [0.05, 0.1) is 0 Å². The predicted molar refractivity (Wildman–Crippen MR) is 33.3 cm³/mol. The summed E-state index contributed by atoms with van der Waals surface area (Å²) in [6.07, 6.45) is 4.92. The molecule has 0 aromatic rings. The number of nitrogens with one attached hydrogen (secondary N) is 1. The van der Waals surface area contributed by atoms with Gasteiger partial charge in [0.1, 0.15) is 0 Å². The molecule has 0 bridgehead atoms. The largest absolute Gasteiger partial charge is 0.677 e. The monoisotopic (exact) mass is 159 g/mol. The van der Waals surface area contributed by atoms with Crippen molar-refractivity contribution in [2.45, 2.75) is 32.6 Å². The number of hydrogen-bond donors (Lipinski definition) is 0. The summed E-state index contributed by atoms with van der Waals surface area (Å²) in [6.45, 7) is 2.80. The molecule has 0 saturated heterocycles. The minimum absolute atomic E-state index is 0. The van der Waals surface area contributed by atoms with Crippen LogP contribution in [0.15, 0.2) is 0 Å². The molecule has 0 aromatic carbocycles. The van der Waals surface area contributed by atoms with Crippen LogP contribution in [0.4, 0.5) is 0 Å². The van der Waals surface area contributed by atoms with Crippen molar-refractivity contribution < 1.29 is 16.8 Å². The van der Waals surface area contributed by atoms with E-state index in [4.69, 9.17) is 5.73 Å². The second-order valence-electron chi connectivity index (χ2n) is 1.81. The quantitative estimate of drug-likeness (QED) is 0.563. The molecule has 0 aliphatic heterocycles. The van der Waals surface area contributed by atoms with Crippen molar-refractivity contribution in [1.29, 1.82) is 0 Å². The van der Waals surface area contributed by atoms with Gasteiger partial charge < -0.3 is 5.73 Å². The zero-order valence-corrected chi connectivity index (χ0v) is 6.41. The van der Waals surface area contributed by atoms with Gasteiger partial charge in [0.2, 0.25) is 0 Å². The van der Waals surface area contributed by atoms with Crippen molar-refractivity contribution in [3.05, 3.63) is 5.73 Å². The van der Waals surface area contributed by atoms with Gasteiger partial charge in [-0.1, -0.05) is 32.6 Å². The Morgan fingerprint density at radius 1 is 1.12 bits per heavy atom. The van der Waals surface area contributed by atoms with Gasteiger partial charge in [-0.3, -0.25) is 0 Å². The summed E-state index contributed by atoms with van der Waals surface area (Å²) < 4.78 is 0. The summed E-state index contributed by atoms with van der Waals surface area (Å²) in [5, 5.41) is 0. The fraction of sp³-hybridized carbons (Fsp3) is 1.00. The first-order valence-electron chi connectivity index (χ1n) is 3.06. The van der Waals surface area contributed by atoms with Crippen molar-refractivity contribution in [3.63, 3.8) is 0 Å². The first kappa shape index (κ1) is 11.3. The van der Waals surface area contributed by atoms with E-state index < -0.39 is 0 Å². The Hall–Kier alpha value is 0.466. The van der Waals surface area contributed by atoms with Crippen molar-refractivity contribution >= 4 is 0 Å². The number of hydrogen-bond acceptors (Lipinski definition) is 0. The standard InChI is InChI=1S/C6H14N.Co/c1-2-3-4-5-6-7;/h7H,2-6H2,1H3;/q-1;. The van der Waals surface area contributed by atoms with Crippen LogP contribution in [0, 0.1) is 0 Å². The third kappa shape index (κ3) is 9.69. The summed E-state index contributed by atoms with van der Waals surface area (Å²) in [7, 11) is 0. The van der Waals surface area contributed by atoms with Crippen LogP contribution in [-0.2, 0) is 16.8 Å². The molecule has 0 aromatic heterocycles. The van der Waals surface area contributed by atoms with Crippen molar-refractivity contribution in [1.82, 2.24) is 0 Å². The van der Waals surface area contributed by atoms with Gasteiger partial charge in [0.25, 0.3) is 0 Å². The Balaban J connectivity index is 0. The van der Waals surface area contributed by atoms with Crippen LogP contribution in [0.2, 0.25) is 0 Å². The molecule has 8 heavy (non-hydrogen) atoms. The molecule has 1 radical (unpaired) electrons. The van der Waals surface area contributed by atoms with Gasteiger partial charge in [-0.15, -0.1) is 0 Å². The molecule has 0 fully saturated rings. The molecule has 0 heterocycles. The maximum atomic E-state index is 6.78. The van der Waals surface area contributed by atoms with Crippen LogP contribution < -0.4 is 0 Å². The van der Waals surface area contributed by atoms with Crippen molar-refractivity contribution in [3.8, 4) is 0 Å². The average Bonchev–Trinajstić information content (AvgIpc) is 1.69. The van der Waals surface area contributed by atoms with Crippen molar-refractivity contribution in [2.75, 3.05) is 6.54 Å². The second kappa shape index (κ2) is 10.4. The number of rotatable bonds is 4. The van der Waals surface area contributed by atoms with Gasteiger partial charge in [-0.25, -0.2) is 0 Å². The molecule has 1 N–H and O–H groups in total. The maximum Gasteiger partial charge on any atom is 0 e. The van der Waals surface area contributed by atoms with E-state index in [2.05, 4.69) is 6.92 Å². The summed E-state index contributed by atoms with van der Waals surface area (Å²) in [4.78, 5) is 0. The van der Waals surface area contributed by atoms with E-state index in [9.17, 15) is 0 Å². The zero-order valence-electron chi connectivity index (χ0n) is 5.37. The van der Waals surface area contributed by atoms with Gasteiger partial charge >= 0.3 is 0 Å². The minimum Gasteiger partial charge on any atom is -0.677 e. The van der Waals surface area contributed by atoms with Crippen LogP contribution in [0.25, 0.3) is 5.73 Å². The molecule has 0 aliphatic carbocycles. The molecular weight excluding hydrogens is 145 g/mol. The first-order valence-corrected chi connectivity index (χ1v) is 3.06. The molecule has 0 atom stereocenters. The molecule has 0 saturated carbocycles. The van der Waals surface area contributed by atoms with Crippen LogP contribution >= 0.6 is 0 Å². The van der Waals surface area contributed by atoms with Gasteiger partial charge in [-0.2, -0.15) is 6.54 Å². The normalized spacial score (nSPS) is 8.25. The summed E-state index contributed by atoms with van der Waals surface area (Å²) in [6, 6.07) is 0. The maximum absolute atomic E-state index is 6.78. The Morgan fingerprint density at radius 3 is 2.12 bits per heavy atom. The van der Waals surface area contributed by atoms with E-state index in [0.717, 1.165) is 6.42 Å². The summed E-state index contributed by atoms with van der Waals surface area (Å²) >= 11 is 0. The van der Waals surface area contributed by atoms with Gasteiger partial charge in [0.15, 0.2) is 0 Å². The fourth-order valence-corrected chi connectivity index (χ4v) is 0.552. The summed E-state index contributed by atoms with van der Waals surface area (Å²) in [5.41, 5.74) is 6.78. The van der Waals surface area contributed by atoms with Crippen LogP contribution in [0.1, 0.15) is 32.6 Å². The predicted octanol–water partition coefficient (Wildman–Crippen LogP) is 2.62. The first-order chi connectivity index (χ1) is 3.41. The summed E-state index contributed by atoms with van der Waals surface area (Å²) in [5.74, 6) is 0. The smallest absolute Gasteiger partial charge is 0 e. The molecule has 1 nitrogen and oxygen atoms in total. The van der Waals surface area contributed by atoms with Crippen LogP contribution in [0.3, 0.4) is 0 Å². The van der Waals surface area contributed by atoms with E-state index >= 15 is 0 Å². The Morgan fingerprint density at radius 2 is 1.75 bits per heavy atom. The molecule has 53 valence electrons. The topological polar surface area (TPSA) is 23.8 Å². The van der Waals surface area contributed by atoms with E-state index in [1.807, 2.05) is 0 Å². The van der Waals surface area contributed by atoms with E-state index in [1.54, 1.807) is 0 Å². The molecule has 0 rings (SSSR count). The second-order valence-corrected chi connectivity index (χ2v) is 1.81. The fourth-order valence-electron chi connectivity index (χ4n) is 0.552. The van der Waals surface area contributed by atoms with Crippen LogP contribution in [0.5, 0.6) is 0 Å². The third-order valence-corrected chi connectivity index (χ3v) is 1.03. The molecule has 2 heteroatoms. The molecule has 0 aliphatic rings. The van der Waals surface area contributed by atoms with Gasteiger partial charge in [0, 0.05) is 16.8 Å². The molecule has 0 spiro atoms. The average molecular weight is 159 g/mol.